The van der Waals surface area contributed by atoms with Crippen LogP contribution in [0.1, 0.15) is 86.0 Å². The van der Waals surface area contributed by atoms with Gasteiger partial charge in [-0.1, -0.05) is 40.5 Å². The molecule has 1 unspecified atom stereocenters. The Balaban J connectivity index is 2.35. The molecule has 3 heteroatoms. The standard InChI is InChI=1S/C27H46N2O/c1-22(2)12-8-13-23(3)14-9-15-24(4)16-10-17-25(5)20-27(30)29-19-11-18-26(21-29)28(6)7/h12,14,16,20,26H,8-11,13,15,17-19,21H2,1-7H3/b23-14+,24-16+,25-20+. The van der Waals surface area contributed by atoms with Crippen LogP contribution in [0.2, 0.25) is 0 Å². The van der Waals surface area contributed by atoms with Crippen LogP contribution in [-0.2, 0) is 4.79 Å². The molecule has 1 atom stereocenters. The molecule has 1 heterocycles. The van der Waals surface area contributed by atoms with E-state index in [1.807, 2.05) is 11.0 Å². The van der Waals surface area contributed by atoms with Gasteiger partial charge in [-0.15, -0.1) is 0 Å². The Bertz CT molecular complexity index is 648. The van der Waals surface area contributed by atoms with E-state index in [1.165, 1.54) is 28.7 Å². The van der Waals surface area contributed by atoms with Gasteiger partial charge in [-0.3, -0.25) is 4.79 Å². The second-order valence-corrected chi connectivity index (χ2v) is 9.53. The van der Waals surface area contributed by atoms with E-state index >= 15 is 0 Å². The van der Waals surface area contributed by atoms with E-state index in [-0.39, 0.29) is 5.91 Å². The number of piperidine rings is 1. The van der Waals surface area contributed by atoms with E-state index in [4.69, 9.17) is 0 Å². The fourth-order valence-corrected chi connectivity index (χ4v) is 3.84. The number of carbonyl (C=O) groups is 1. The summed E-state index contributed by atoms with van der Waals surface area (Å²) >= 11 is 0. The zero-order valence-corrected chi connectivity index (χ0v) is 20.8. The number of nitrogens with zero attached hydrogens (tertiary/aromatic N) is 2. The first-order chi connectivity index (χ1) is 14.2. The largest absolute Gasteiger partial charge is 0.338 e. The van der Waals surface area contributed by atoms with Gasteiger partial charge < -0.3 is 9.80 Å². The Kier molecular flexibility index (Phi) is 12.7. The molecule has 1 fully saturated rings. The summed E-state index contributed by atoms with van der Waals surface area (Å²) in [5.41, 5.74) is 5.53. The topological polar surface area (TPSA) is 23.6 Å². The number of hydrogen-bond acceptors (Lipinski definition) is 2. The zero-order valence-electron chi connectivity index (χ0n) is 20.8. The third kappa shape index (κ3) is 11.5. The van der Waals surface area contributed by atoms with Crippen LogP contribution in [0.4, 0.5) is 0 Å². The summed E-state index contributed by atoms with van der Waals surface area (Å²) < 4.78 is 0. The van der Waals surface area contributed by atoms with Crippen molar-refractivity contribution in [2.75, 3.05) is 27.2 Å². The first-order valence-electron chi connectivity index (χ1n) is 11.8. The molecule has 1 aliphatic heterocycles. The lowest BCUT2D eigenvalue weighted by molar-refractivity contribution is -0.127. The summed E-state index contributed by atoms with van der Waals surface area (Å²) in [5.74, 6) is 0.188. The minimum atomic E-state index is 0.188. The maximum Gasteiger partial charge on any atom is 0.246 e. The lowest BCUT2D eigenvalue weighted by Crippen LogP contribution is -2.47. The van der Waals surface area contributed by atoms with Crippen molar-refractivity contribution in [3.63, 3.8) is 0 Å². The molecule has 1 amide bonds. The Labute approximate surface area is 186 Å². The van der Waals surface area contributed by atoms with E-state index in [2.05, 4.69) is 71.8 Å². The van der Waals surface area contributed by atoms with Crippen LogP contribution in [0, 0.1) is 0 Å². The number of hydrogen-bond donors (Lipinski definition) is 0. The van der Waals surface area contributed by atoms with Gasteiger partial charge in [0.2, 0.25) is 5.91 Å². The first-order valence-corrected chi connectivity index (χ1v) is 11.8. The molecule has 0 aliphatic carbocycles. The third-order valence-corrected chi connectivity index (χ3v) is 5.96. The van der Waals surface area contributed by atoms with Crippen molar-refractivity contribution < 1.29 is 4.79 Å². The quantitative estimate of drug-likeness (QED) is 0.278. The van der Waals surface area contributed by atoms with Gasteiger partial charge in [0.05, 0.1) is 0 Å². The van der Waals surface area contributed by atoms with E-state index in [0.29, 0.717) is 6.04 Å². The minimum absolute atomic E-state index is 0.188. The highest BCUT2D eigenvalue weighted by atomic mass is 16.2. The van der Waals surface area contributed by atoms with Crippen molar-refractivity contribution in [2.45, 2.75) is 92.0 Å². The van der Waals surface area contributed by atoms with Crippen molar-refractivity contribution >= 4 is 5.91 Å². The molecule has 0 saturated carbocycles. The summed E-state index contributed by atoms with van der Waals surface area (Å²) in [4.78, 5) is 16.9. The maximum absolute atomic E-state index is 12.6. The molecule has 0 aromatic carbocycles. The Hall–Kier alpha value is -1.61. The predicted molar refractivity (Wildman–Crippen MR) is 132 cm³/mol. The average Bonchev–Trinajstić information content (AvgIpc) is 2.67. The van der Waals surface area contributed by atoms with Crippen LogP contribution in [0.3, 0.4) is 0 Å². The number of amides is 1. The molecule has 0 aromatic rings. The fourth-order valence-electron chi connectivity index (χ4n) is 3.84. The van der Waals surface area contributed by atoms with Crippen molar-refractivity contribution in [1.82, 2.24) is 9.80 Å². The number of rotatable bonds is 11. The summed E-state index contributed by atoms with van der Waals surface area (Å²) in [6.07, 6.45) is 17.7. The van der Waals surface area contributed by atoms with Gasteiger partial charge in [0.25, 0.3) is 0 Å². The first kappa shape index (κ1) is 26.4. The van der Waals surface area contributed by atoms with E-state index in [0.717, 1.165) is 58.0 Å². The highest BCUT2D eigenvalue weighted by molar-refractivity contribution is 5.88. The van der Waals surface area contributed by atoms with Crippen molar-refractivity contribution in [3.8, 4) is 0 Å². The molecule has 3 nitrogen and oxygen atoms in total. The van der Waals surface area contributed by atoms with Gasteiger partial charge in [-0.25, -0.2) is 0 Å². The lowest BCUT2D eigenvalue weighted by Gasteiger charge is -2.35. The summed E-state index contributed by atoms with van der Waals surface area (Å²) in [6.45, 7) is 12.6. The second kappa shape index (κ2) is 14.4. The van der Waals surface area contributed by atoms with Crippen molar-refractivity contribution in [1.29, 1.82) is 0 Å². The van der Waals surface area contributed by atoms with Crippen LogP contribution in [-0.4, -0.2) is 48.9 Å². The molecule has 0 spiro atoms. The number of likely N-dealkylation sites (tertiary alicyclic amines) is 1. The number of carbonyl (C=O) groups excluding carboxylic acids is 1. The average molecular weight is 415 g/mol. The zero-order chi connectivity index (χ0) is 22.5. The molecule has 30 heavy (non-hydrogen) atoms. The van der Waals surface area contributed by atoms with Gasteiger partial charge in [0.15, 0.2) is 0 Å². The second-order valence-electron chi connectivity index (χ2n) is 9.53. The summed E-state index contributed by atoms with van der Waals surface area (Å²) in [6, 6.07) is 0.493. The monoisotopic (exact) mass is 414 g/mol. The molecule has 1 saturated heterocycles. The molecule has 0 aromatic heterocycles. The number of allylic oxidation sites excluding steroid dienone is 7. The van der Waals surface area contributed by atoms with Crippen molar-refractivity contribution in [2.24, 2.45) is 0 Å². The Morgan fingerprint density at radius 1 is 0.867 bits per heavy atom. The lowest BCUT2D eigenvalue weighted by atomic mass is 10.0. The normalized spacial score (nSPS) is 18.7. The highest BCUT2D eigenvalue weighted by Crippen LogP contribution is 2.16. The molecule has 170 valence electrons. The van der Waals surface area contributed by atoms with Crippen LogP contribution in [0.5, 0.6) is 0 Å². The Morgan fingerprint density at radius 3 is 1.93 bits per heavy atom. The van der Waals surface area contributed by atoms with Gasteiger partial charge in [-0.2, -0.15) is 0 Å². The molecule has 1 rings (SSSR count). The summed E-state index contributed by atoms with van der Waals surface area (Å²) in [5, 5.41) is 0. The number of likely N-dealkylation sites (N-methyl/N-ethyl adjacent to an activating group) is 1. The highest BCUT2D eigenvalue weighted by Gasteiger charge is 2.23. The fraction of sp³-hybridized carbons (Fsp3) is 0.667. The predicted octanol–water partition coefficient (Wildman–Crippen LogP) is 6.68. The van der Waals surface area contributed by atoms with E-state index in [1.54, 1.807) is 0 Å². The molecule has 1 aliphatic rings. The third-order valence-electron chi connectivity index (χ3n) is 5.96. The van der Waals surface area contributed by atoms with Gasteiger partial charge >= 0.3 is 0 Å². The summed E-state index contributed by atoms with van der Waals surface area (Å²) in [7, 11) is 4.21. The van der Waals surface area contributed by atoms with Crippen LogP contribution >= 0.6 is 0 Å². The smallest absolute Gasteiger partial charge is 0.246 e. The molecule has 0 N–H and O–H groups in total. The van der Waals surface area contributed by atoms with E-state index < -0.39 is 0 Å². The van der Waals surface area contributed by atoms with Crippen LogP contribution < -0.4 is 0 Å². The van der Waals surface area contributed by atoms with Gasteiger partial charge in [0, 0.05) is 25.2 Å². The van der Waals surface area contributed by atoms with Crippen molar-refractivity contribution in [3.05, 3.63) is 46.6 Å². The maximum atomic E-state index is 12.6. The van der Waals surface area contributed by atoms with Gasteiger partial charge in [-0.05, 0) is 100 Å². The molecular formula is C27H46N2O. The molecular weight excluding hydrogens is 368 g/mol. The molecule has 0 radical (unpaired) electrons. The van der Waals surface area contributed by atoms with Crippen LogP contribution in [0.25, 0.3) is 0 Å². The van der Waals surface area contributed by atoms with Crippen LogP contribution in [0.15, 0.2) is 46.6 Å². The van der Waals surface area contributed by atoms with Gasteiger partial charge in [0.1, 0.15) is 0 Å². The Morgan fingerprint density at radius 2 is 1.40 bits per heavy atom. The SMILES string of the molecule is CC(C)=CCC/C(C)=C/CC/C(C)=C/CC/C(C)=C/C(=O)N1CCCC(N(C)C)C1. The molecule has 0 bridgehead atoms. The minimum Gasteiger partial charge on any atom is -0.338 e. The van der Waals surface area contributed by atoms with E-state index in [9.17, 15) is 4.79 Å².